The summed E-state index contributed by atoms with van der Waals surface area (Å²) in [6.07, 6.45) is 15.3. The van der Waals surface area contributed by atoms with Gasteiger partial charge in [-0.15, -0.1) is 0 Å². The molecule has 0 radical (unpaired) electrons. The Morgan fingerprint density at radius 3 is 1.14 bits per heavy atom. The van der Waals surface area contributed by atoms with Crippen molar-refractivity contribution < 1.29 is 13.3 Å². The lowest BCUT2D eigenvalue weighted by Gasteiger charge is -2.33. The van der Waals surface area contributed by atoms with E-state index in [2.05, 4.69) is 432 Å². The molecule has 147 heavy (non-hydrogen) atoms. The van der Waals surface area contributed by atoms with E-state index < -0.39 is 21.7 Å². The van der Waals surface area contributed by atoms with E-state index >= 15 is 0 Å². The normalized spacial score (nSPS) is 16.0. The summed E-state index contributed by atoms with van der Waals surface area (Å²) in [6, 6.07) is 140. The minimum Gasteiger partial charge on any atom is -0.456 e. The van der Waals surface area contributed by atoms with Gasteiger partial charge in [0.1, 0.15) is 33.5 Å². The van der Waals surface area contributed by atoms with Gasteiger partial charge in [0.25, 0.3) is 0 Å². The van der Waals surface area contributed by atoms with Crippen LogP contribution in [0.4, 0.5) is 17.1 Å². The standard InChI is InChI=1S/C143H113NO3/c1-11-13-15-17-37-71-141(72-38-18-16-14-12-2)107-49-29-19-39-88(107)95-64-58-83(74-117(95)141)82-57-63-93-94-65-59-84(75-114(94)137(3,4)113(93)73-82)103-79-121-126(130-101-46-26-35-55-123(101)146-135(103)130)98-67-61-85(76-115(98)138(121,5)6)144(86-62-68-99-116(77-86)140(9,10)133-129(99)131-102-47-27-36-56-124(102)147-136(131)132-97-44-24-28-48-106(97)139(7,8)134(132)133)87-60-66-96-104-80-120-105(81-119(104)143(118(96)78-87)110-52-32-22-42-91(110)92-43-23-33-53-111(92)143)127-112(69-70-125-128(127)100-45-25-34-54-122(100)145-125)142(120)108-50-30-20-40-89(108)90-41-21-31-51-109(90)142/h19-36,39-70,73-81H,11-18,37-38,71-72H2,1-10H3. The molecule has 9 aliphatic carbocycles. The van der Waals surface area contributed by atoms with Gasteiger partial charge in [-0.3, -0.25) is 0 Å². The molecule has 31 rings (SSSR count). The van der Waals surface area contributed by atoms with Crippen molar-refractivity contribution in [3.8, 4) is 122 Å². The number of hydrogen-bond acceptors (Lipinski definition) is 4. The molecule has 3 heterocycles. The van der Waals surface area contributed by atoms with Crippen LogP contribution in [-0.4, -0.2) is 0 Å². The molecule has 0 bridgehead atoms. The number of hydrogen-bond donors (Lipinski definition) is 0. The van der Waals surface area contributed by atoms with Crippen LogP contribution in [0.2, 0.25) is 0 Å². The Hall–Kier alpha value is -15.6. The number of furan rings is 3. The van der Waals surface area contributed by atoms with Gasteiger partial charge in [-0.1, -0.05) is 394 Å². The summed E-state index contributed by atoms with van der Waals surface area (Å²) in [5.74, 6) is 0. The van der Waals surface area contributed by atoms with Crippen molar-refractivity contribution in [3.63, 3.8) is 0 Å². The fourth-order valence-electron chi connectivity index (χ4n) is 31.2. The first-order valence-corrected chi connectivity index (χ1v) is 54.3. The molecule has 3 aromatic heterocycles. The molecule has 2 spiro atoms. The van der Waals surface area contributed by atoms with E-state index in [1.807, 2.05) is 0 Å². The molecule has 0 saturated carbocycles. The molecule has 0 unspecified atom stereocenters. The Morgan fingerprint density at radius 1 is 0.204 bits per heavy atom. The molecule has 0 aliphatic heterocycles. The van der Waals surface area contributed by atoms with Gasteiger partial charge in [-0.05, 0) is 321 Å². The summed E-state index contributed by atoms with van der Waals surface area (Å²) < 4.78 is 21.8. The second-order valence-corrected chi connectivity index (χ2v) is 46.3. The molecule has 0 N–H and O–H groups in total. The number of benzene rings is 19. The lowest BCUT2D eigenvalue weighted by molar-refractivity contribution is 0.399. The highest BCUT2D eigenvalue weighted by Gasteiger charge is 2.59. The average molecular weight is 1890 g/mol. The van der Waals surface area contributed by atoms with Crippen LogP contribution in [0.25, 0.3) is 188 Å². The maximum atomic E-state index is 7.48. The van der Waals surface area contributed by atoms with E-state index in [1.54, 1.807) is 11.1 Å². The average Bonchev–Trinajstić information content (AvgIpc) is 1.48. The molecular weight excluding hydrogens is 1780 g/mol. The van der Waals surface area contributed by atoms with E-state index in [-0.39, 0.29) is 16.2 Å². The van der Waals surface area contributed by atoms with Crippen LogP contribution in [0.15, 0.2) is 371 Å². The van der Waals surface area contributed by atoms with E-state index in [4.69, 9.17) is 13.3 Å². The molecule has 708 valence electrons. The summed E-state index contributed by atoms with van der Waals surface area (Å²) >= 11 is 0. The number of para-hydroxylation sites is 3. The van der Waals surface area contributed by atoms with Crippen molar-refractivity contribution in [2.24, 2.45) is 0 Å². The van der Waals surface area contributed by atoms with E-state index in [1.165, 1.54) is 288 Å². The third kappa shape index (κ3) is 11.0. The number of fused-ring (bicyclic) bond motifs is 49. The zero-order chi connectivity index (χ0) is 98.2. The zero-order valence-electron chi connectivity index (χ0n) is 85.2. The van der Waals surface area contributed by atoms with Crippen LogP contribution in [0.1, 0.15) is 246 Å². The van der Waals surface area contributed by atoms with Crippen LogP contribution in [0.3, 0.4) is 0 Å². The smallest absolute Gasteiger partial charge is 0.144 e. The highest BCUT2D eigenvalue weighted by molar-refractivity contribution is 6.23. The van der Waals surface area contributed by atoms with Gasteiger partial charge < -0.3 is 18.2 Å². The van der Waals surface area contributed by atoms with Crippen LogP contribution < -0.4 is 4.90 Å². The zero-order valence-corrected chi connectivity index (χ0v) is 85.2. The van der Waals surface area contributed by atoms with Gasteiger partial charge in [0.05, 0.1) is 10.8 Å². The predicted molar refractivity (Wildman–Crippen MR) is 610 cm³/mol. The van der Waals surface area contributed by atoms with E-state index in [0.717, 1.165) is 83.2 Å². The number of rotatable bonds is 17. The topological polar surface area (TPSA) is 42.7 Å². The summed E-state index contributed by atoms with van der Waals surface area (Å²) in [6.45, 7) is 24.5. The second kappa shape index (κ2) is 30.3. The summed E-state index contributed by atoms with van der Waals surface area (Å²) in [7, 11) is 0. The maximum absolute atomic E-state index is 7.48. The quantitative estimate of drug-likeness (QED) is 0.0852. The number of nitrogens with zero attached hydrogens (tertiary/aromatic N) is 1. The minimum absolute atomic E-state index is 0.000646. The Bertz CT molecular complexity index is 9520. The van der Waals surface area contributed by atoms with Crippen LogP contribution in [-0.2, 0) is 37.9 Å². The van der Waals surface area contributed by atoms with Gasteiger partial charge >= 0.3 is 0 Å². The Balaban J connectivity index is 0.589. The Morgan fingerprint density at radius 2 is 0.558 bits per heavy atom. The van der Waals surface area contributed by atoms with Crippen molar-refractivity contribution in [2.75, 3.05) is 4.90 Å². The molecule has 4 heteroatoms. The van der Waals surface area contributed by atoms with Gasteiger partial charge in [0.15, 0.2) is 0 Å². The van der Waals surface area contributed by atoms with Crippen molar-refractivity contribution in [1.29, 1.82) is 0 Å². The van der Waals surface area contributed by atoms with Crippen LogP contribution >= 0.6 is 0 Å². The first-order valence-electron chi connectivity index (χ1n) is 54.3. The molecule has 19 aromatic carbocycles. The van der Waals surface area contributed by atoms with Gasteiger partial charge in [0.2, 0.25) is 0 Å². The highest BCUT2D eigenvalue weighted by Crippen LogP contribution is 2.72. The monoisotopic (exact) mass is 1890 g/mol. The minimum atomic E-state index is -0.779. The molecule has 9 aliphatic rings. The molecule has 0 saturated heterocycles. The molecule has 0 fully saturated rings. The highest BCUT2D eigenvalue weighted by atomic mass is 16.3. The van der Waals surface area contributed by atoms with Crippen LogP contribution in [0.5, 0.6) is 0 Å². The van der Waals surface area contributed by atoms with Crippen molar-refractivity contribution >= 4 is 82.9 Å². The Kier molecular flexibility index (Phi) is 17.7. The van der Waals surface area contributed by atoms with Gasteiger partial charge in [-0.2, -0.15) is 0 Å². The third-order valence-corrected chi connectivity index (χ3v) is 37.7. The van der Waals surface area contributed by atoms with Crippen molar-refractivity contribution in [2.45, 2.75) is 184 Å². The van der Waals surface area contributed by atoms with Gasteiger partial charge in [-0.25, -0.2) is 0 Å². The summed E-state index contributed by atoms with van der Waals surface area (Å²) in [5.41, 5.74) is 57.8. The first kappa shape index (κ1) is 85.8. The van der Waals surface area contributed by atoms with Crippen molar-refractivity contribution in [1.82, 2.24) is 0 Å². The van der Waals surface area contributed by atoms with Crippen molar-refractivity contribution in [3.05, 3.63) is 458 Å². The molecule has 22 aromatic rings. The van der Waals surface area contributed by atoms with E-state index in [0.29, 0.717) is 0 Å². The first-order chi connectivity index (χ1) is 71.8. The lowest BCUT2D eigenvalue weighted by Crippen LogP contribution is -2.27. The summed E-state index contributed by atoms with van der Waals surface area (Å²) in [5, 5.41) is 6.93. The Labute approximate surface area is 859 Å². The SMILES string of the molecule is CCCCCCCC1(CCCCCCC)c2ccccc2-c2ccc(-c3ccc4c(c3)C(C)(C)c3cc(-c5cc6c(c7c5oc5ccccc57)-c5ccc(N(c7ccc8c(c7)C(C)(C)c7c9c(c%10oc%11ccccc%11c%10c7-8)-c7ccccc7C9(C)C)c7ccc8c(c7)C7(c9ccccc9-c9ccccc97)c7cc9c(cc7-8)C7(c8ccccc8-c8ccccc87)c7ccc8oc%10ccccc%10c8c7-9)cc5C6(C)C)ccc3-4)cc21. The van der Waals surface area contributed by atoms with Crippen LogP contribution in [0, 0.1) is 0 Å². The second-order valence-electron chi connectivity index (χ2n) is 46.3. The largest absolute Gasteiger partial charge is 0.456 e. The summed E-state index contributed by atoms with van der Waals surface area (Å²) in [4.78, 5) is 2.65. The number of unbranched alkanes of at least 4 members (excludes halogenated alkanes) is 8. The number of anilines is 3. The van der Waals surface area contributed by atoms with E-state index in [9.17, 15) is 0 Å². The molecule has 0 amide bonds. The predicted octanol–water partition coefficient (Wildman–Crippen LogP) is 39.1. The molecular formula is C143H113NO3. The lowest BCUT2D eigenvalue weighted by atomic mass is 9.68. The fraction of sp³-hybridized carbons (Fsp3) is 0.203. The third-order valence-electron chi connectivity index (χ3n) is 37.7. The van der Waals surface area contributed by atoms with Gasteiger partial charge in [0, 0.05) is 87.6 Å². The molecule has 0 atom stereocenters. The maximum Gasteiger partial charge on any atom is 0.144 e. The fourth-order valence-corrected chi connectivity index (χ4v) is 31.2. The molecule has 4 nitrogen and oxygen atoms in total.